The largest absolute Gasteiger partial charge is 0.497 e. The Bertz CT molecular complexity index is 1190. The van der Waals surface area contributed by atoms with E-state index in [1.165, 1.54) is 12.1 Å². The van der Waals surface area contributed by atoms with Crippen LogP contribution in [0, 0.1) is 12.7 Å². The molecule has 0 unspecified atom stereocenters. The maximum absolute atomic E-state index is 13.7. The van der Waals surface area contributed by atoms with Gasteiger partial charge in [0.25, 0.3) is 5.91 Å². The number of rotatable bonds is 11. The number of carbonyl (C=O) groups excluding carboxylic acids is 2. The van der Waals surface area contributed by atoms with E-state index in [2.05, 4.69) is 4.90 Å². The first-order chi connectivity index (χ1) is 18.4. The van der Waals surface area contributed by atoms with E-state index in [4.69, 9.17) is 9.47 Å². The van der Waals surface area contributed by atoms with Gasteiger partial charge in [-0.1, -0.05) is 12.1 Å². The third-order valence-corrected chi connectivity index (χ3v) is 7.51. The van der Waals surface area contributed by atoms with Gasteiger partial charge < -0.3 is 19.3 Å². The molecule has 0 aliphatic carbocycles. The molecule has 0 bridgehead atoms. The summed E-state index contributed by atoms with van der Waals surface area (Å²) in [4.78, 5) is 35.1. The standard InChI is InChI=1S/C29H34FN3O4S/c1-22-3-12-27(38-22)20-33(19-23-4-8-25(30)9-5-23)28(34)21-32(14-13-31-15-17-37-18-16-31)29(35)24-6-10-26(36-2)11-7-24/h3-12H,13-21H2,1-2H3. The summed E-state index contributed by atoms with van der Waals surface area (Å²) in [5.74, 6) is -0.0266. The minimum absolute atomic E-state index is 0.0548. The molecule has 1 aliphatic heterocycles. The van der Waals surface area contributed by atoms with Gasteiger partial charge in [0.15, 0.2) is 0 Å². The number of hydrogen-bond donors (Lipinski definition) is 0. The second-order valence-electron chi connectivity index (χ2n) is 9.30. The fourth-order valence-corrected chi connectivity index (χ4v) is 5.23. The Hall–Kier alpha value is -3.27. The van der Waals surface area contributed by atoms with Crippen molar-refractivity contribution in [2.75, 3.05) is 53.0 Å². The maximum Gasteiger partial charge on any atom is 0.254 e. The Kier molecular flexibility index (Phi) is 9.86. The minimum atomic E-state index is -0.320. The van der Waals surface area contributed by atoms with E-state index in [1.54, 1.807) is 64.6 Å². The number of amides is 2. The van der Waals surface area contributed by atoms with Crippen LogP contribution in [0.4, 0.5) is 4.39 Å². The smallest absolute Gasteiger partial charge is 0.254 e. The summed E-state index contributed by atoms with van der Waals surface area (Å²) in [7, 11) is 1.58. The molecule has 0 saturated carbocycles. The average Bonchev–Trinajstić information content (AvgIpc) is 3.36. The Morgan fingerprint density at radius 2 is 1.68 bits per heavy atom. The van der Waals surface area contributed by atoms with Crippen molar-refractivity contribution in [3.8, 4) is 5.75 Å². The zero-order valence-electron chi connectivity index (χ0n) is 21.9. The predicted molar refractivity (Wildman–Crippen MR) is 146 cm³/mol. The summed E-state index contributed by atoms with van der Waals surface area (Å²) >= 11 is 1.64. The zero-order chi connectivity index (χ0) is 26.9. The van der Waals surface area contributed by atoms with Gasteiger partial charge in [-0.15, -0.1) is 11.3 Å². The zero-order valence-corrected chi connectivity index (χ0v) is 22.7. The molecule has 0 spiro atoms. The van der Waals surface area contributed by atoms with Crippen molar-refractivity contribution in [1.29, 1.82) is 0 Å². The van der Waals surface area contributed by atoms with Crippen molar-refractivity contribution in [1.82, 2.24) is 14.7 Å². The lowest BCUT2D eigenvalue weighted by molar-refractivity contribution is -0.133. The lowest BCUT2D eigenvalue weighted by Crippen LogP contribution is -2.47. The molecule has 1 fully saturated rings. The van der Waals surface area contributed by atoms with Crippen molar-refractivity contribution >= 4 is 23.2 Å². The molecule has 2 amide bonds. The van der Waals surface area contributed by atoms with Gasteiger partial charge in [0.05, 0.1) is 26.9 Å². The van der Waals surface area contributed by atoms with Crippen LogP contribution in [0.2, 0.25) is 0 Å². The molecular formula is C29H34FN3O4S. The molecule has 2 heterocycles. The summed E-state index contributed by atoms with van der Waals surface area (Å²) in [5, 5.41) is 0. The molecule has 1 aliphatic rings. The van der Waals surface area contributed by atoms with Crippen LogP contribution in [0.25, 0.3) is 0 Å². The summed E-state index contributed by atoms with van der Waals surface area (Å²) in [6.07, 6.45) is 0. The van der Waals surface area contributed by atoms with Crippen molar-refractivity contribution in [2.45, 2.75) is 20.0 Å². The van der Waals surface area contributed by atoms with Crippen molar-refractivity contribution in [2.24, 2.45) is 0 Å². The first-order valence-electron chi connectivity index (χ1n) is 12.7. The monoisotopic (exact) mass is 539 g/mol. The molecule has 0 atom stereocenters. The van der Waals surface area contributed by atoms with Crippen LogP contribution >= 0.6 is 11.3 Å². The Morgan fingerprint density at radius 1 is 0.974 bits per heavy atom. The fourth-order valence-electron chi connectivity index (χ4n) is 4.32. The molecule has 9 heteroatoms. The van der Waals surface area contributed by atoms with E-state index in [9.17, 15) is 14.0 Å². The number of thiophene rings is 1. The SMILES string of the molecule is COc1ccc(C(=O)N(CCN2CCOCC2)CC(=O)N(Cc2ccc(F)cc2)Cc2ccc(C)s2)cc1. The lowest BCUT2D eigenvalue weighted by atomic mass is 10.1. The average molecular weight is 540 g/mol. The first-order valence-corrected chi connectivity index (χ1v) is 13.5. The highest BCUT2D eigenvalue weighted by Crippen LogP contribution is 2.20. The van der Waals surface area contributed by atoms with Crippen LogP contribution < -0.4 is 4.74 Å². The number of carbonyl (C=O) groups is 2. The number of halogens is 1. The lowest BCUT2D eigenvalue weighted by Gasteiger charge is -2.31. The topological polar surface area (TPSA) is 62.3 Å². The van der Waals surface area contributed by atoms with Crippen molar-refractivity contribution < 1.29 is 23.5 Å². The Morgan fingerprint density at radius 3 is 2.32 bits per heavy atom. The molecular weight excluding hydrogens is 505 g/mol. The molecule has 202 valence electrons. The highest BCUT2D eigenvalue weighted by atomic mass is 32.1. The van der Waals surface area contributed by atoms with Gasteiger partial charge in [0.2, 0.25) is 5.91 Å². The number of benzene rings is 2. The third-order valence-electron chi connectivity index (χ3n) is 6.52. The minimum Gasteiger partial charge on any atom is -0.497 e. The summed E-state index contributed by atoms with van der Waals surface area (Å²) in [6, 6.07) is 17.2. The Balaban J connectivity index is 1.53. The molecule has 1 saturated heterocycles. The second-order valence-corrected chi connectivity index (χ2v) is 10.7. The van der Waals surface area contributed by atoms with Gasteiger partial charge in [-0.3, -0.25) is 14.5 Å². The fraction of sp³-hybridized carbons (Fsp3) is 0.379. The van der Waals surface area contributed by atoms with Crippen LogP contribution in [0.15, 0.2) is 60.7 Å². The van der Waals surface area contributed by atoms with Crippen molar-refractivity contribution in [3.63, 3.8) is 0 Å². The predicted octanol–water partition coefficient (Wildman–Crippen LogP) is 4.21. The van der Waals surface area contributed by atoms with E-state index < -0.39 is 0 Å². The molecule has 2 aromatic carbocycles. The number of morpholine rings is 1. The highest BCUT2D eigenvalue weighted by molar-refractivity contribution is 7.11. The molecule has 7 nitrogen and oxygen atoms in total. The van der Waals surface area contributed by atoms with E-state index in [0.717, 1.165) is 28.4 Å². The van der Waals surface area contributed by atoms with E-state index in [-0.39, 0.29) is 24.2 Å². The van der Waals surface area contributed by atoms with Gasteiger partial charge in [0.1, 0.15) is 18.1 Å². The molecule has 38 heavy (non-hydrogen) atoms. The molecule has 1 aromatic heterocycles. The molecule has 4 rings (SSSR count). The highest BCUT2D eigenvalue weighted by Gasteiger charge is 2.24. The summed E-state index contributed by atoms with van der Waals surface area (Å²) in [5.41, 5.74) is 1.33. The number of aryl methyl sites for hydroxylation is 1. The van der Waals surface area contributed by atoms with E-state index >= 15 is 0 Å². The van der Waals surface area contributed by atoms with Crippen LogP contribution in [0.1, 0.15) is 25.7 Å². The molecule has 3 aromatic rings. The molecule has 0 radical (unpaired) electrons. The van der Waals surface area contributed by atoms with Gasteiger partial charge in [-0.05, 0) is 61.0 Å². The van der Waals surface area contributed by atoms with E-state index in [0.29, 0.717) is 50.7 Å². The van der Waals surface area contributed by atoms with Gasteiger partial charge in [0, 0.05) is 48.0 Å². The quantitative estimate of drug-likeness (QED) is 0.366. The number of methoxy groups -OCH3 is 1. The number of nitrogens with zero attached hydrogens (tertiary/aromatic N) is 3. The maximum atomic E-state index is 13.7. The molecule has 0 N–H and O–H groups in total. The third kappa shape index (κ3) is 7.86. The van der Waals surface area contributed by atoms with Crippen molar-refractivity contribution in [3.05, 3.63) is 87.4 Å². The summed E-state index contributed by atoms with van der Waals surface area (Å²) < 4.78 is 24.2. The number of hydrogen-bond acceptors (Lipinski definition) is 6. The van der Waals surface area contributed by atoms with E-state index in [1.807, 2.05) is 19.1 Å². The first kappa shape index (κ1) is 27.8. The van der Waals surface area contributed by atoms with Crippen LogP contribution in [-0.4, -0.2) is 79.6 Å². The van der Waals surface area contributed by atoms with Gasteiger partial charge >= 0.3 is 0 Å². The Labute approximate surface area is 227 Å². The van der Waals surface area contributed by atoms with Gasteiger partial charge in [-0.25, -0.2) is 4.39 Å². The van der Waals surface area contributed by atoms with Gasteiger partial charge in [-0.2, -0.15) is 0 Å². The normalized spacial score (nSPS) is 13.8. The second kappa shape index (κ2) is 13.5. The van der Waals surface area contributed by atoms with Crippen LogP contribution in [0.5, 0.6) is 5.75 Å². The van der Waals surface area contributed by atoms with Crippen LogP contribution in [-0.2, 0) is 22.6 Å². The van der Waals surface area contributed by atoms with Crippen LogP contribution in [0.3, 0.4) is 0 Å². The summed E-state index contributed by atoms with van der Waals surface area (Å²) in [6.45, 7) is 6.71. The number of ether oxygens (including phenoxy) is 2.